The first kappa shape index (κ1) is 30.5. The Hall–Kier alpha value is -7.16. The van der Waals surface area contributed by atoms with E-state index in [1.165, 1.54) is 82.1 Å². The Balaban J connectivity index is 1.19. The van der Waals surface area contributed by atoms with Crippen molar-refractivity contribution in [2.24, 2.45) is 0 Å². The maximum atomic E-state index is 2.46. The topological polar surface area (TPSA) is 8.17 Å². The summed E-state index contributed by atoms with van der Waals surface area (Å²) in [6.07, 6.45) is 0. The van der Waals surface area contributed by atoms with Crippen LogP contribution in [0.25, 0.3) is 82.1 Å². The highest BCUT2D eigenvalue weighted by Crippen LogP contribution is 2.48. The molecule has 1 aromatic heterocycles. The minimum atomic E-state index is 1.11. The average molecular weight is 687 g/mol. The van der Waals surface area contributed by atoms with E-state index in [0.717, 1.165) is 17.1 Å². The van der Waals surface area contributed by atoms with Gasteiger partial charge in [-0.3, -0.25) is 0 Å². The monoisotopic (exact) mass is 686 g/mol. The van der Waals surface area contributed by atoms with Crippen LogP contribution >= 0.6 is 0 Å². The van der Waals surface area contributed by atoms with Crippen molar-refractivity contribution in [3.05, 3.63) is 206 Å². The molecule has 0 radical (unpaired) electrons. The highest BCUT2D eigenvalue weighted by Gasteiger charge is 2.23. The van der Waals surface area contributed by atoms with Gasteiger partial charge in [-0.15, -0.1) is 0 Å². The summed E-state index contributed by atoms with van der Waals surface area (Å²) in [4.78, 5) is 2.46. The number of aromatic nitrogens is 1. The van der Waals surface area contributed by atoms with Gasteiger partial charge in [0.05, 0.1) is 28.1 Å². The smallest absolute Gasteiger partial charge is 0.0541 e. The predicted octanol–water partition coefficient (Wildman–Crippen LogP) is 14.5. The number of hydrogen-bond acceptors (Lipinski definition) is 1. The molecule has 0 unspecified atom stereocenters. The zero-order valence-corrected chi connectivity index (χ0v) is 29.5. The molecule has 0 aliphatic rings. The normalized spacial score (nSPS) is 11.7. The standard InChI is InChI=1S/C52H34N2/c1-3-15-35(16-4-1)39-19-7-8-20-40(39)41-21-9-12-24-46(41)53(38-17-5-2-6-18-38)49-33-29-36-28-32-45-50(34-30-37-27-31-44(49)51(36)52(37)45)54-47-25-13-10-22-42(47)43-23-11-14-26-48(43)54/h1-34H. The fourth-order valence-corrected chi connectivity index (χ4v) is 8.81. The van der Waals surface area contributed by atoms with E-state index in [1.807, 2.05) is 0 Å². The number of anilines is 3. The molecule has 2 heteroatoms. The molecule has 0 saturated carbocycles. The van der Waals surface area contributed by atoms with Crippen LogP contribution in [0, 0.1) is 0 Å². The largest absolute Gasteiger partial charge is 0.309 e. The lowest BCUT2D eigenvalue weighted by atomic mass is 9.91. The first-order chi connectivity index (χ1) is 26.8. The number of nitrogens with zero attached hydrogens (tertiary/aromatic N) is 2. The molecule has 0 saturated heterocycles. The second-order valence-corrected chi connectivity index (χ2v) is 14.1. The van der Waals surface area contributed by atoms with Gasteiger partial charge >= 0.3 is 0 Å². The Bertz CT molecular complexity index is 3100. The van der Waals surface area contributed by atoms with Crippen LogP contribution in [0.2, 0.25) is 0 Å². The molecule has 1 heterocycles. The average Bonchev–Trinajstić information content (AvgIpc) is 3.58. The molecule has 2 nitrogen and oxygen atoms in total. The fraction of sp³-hybridized carbons (Fsp3) is 0. The summed E-state index contributed by atoms with van der Waals surface area (Å²) < 4.78 is 2.45. The van der Waals surface area contributed by atoms with Gasteiger partial charge in [0.1, 0.15) is 0 Å². The second-order valence-electron chi connectivity index (χ2n) is 14.1. The SMILES string of the molecule is c1ccc(-c2ccccc2-c2ccccc2N(c2ccccc2)c2ccc3ccc4c(-n5c6ccccc6c6ccccc65)ccc5ccc2c3c54)cc1. The Labute approximate surface area is 313 Å². The van der Waals surface area contributed by atoms with Crippen LogP contribution in [-0.4, -0.2) is 4.57 Å². The number of rotatable bonds is 6. The van der Waals surface area contributed by atoms with Crippen LogP contribution in [0.4, 0.5) is 17.1 Å². The van der Waals surface area contributed by atoms with Crippen molar-refractivity contribution in [3.63, 3.8) is 0 Å². The maximum absolute atomic E-state index is 2.46. The third-order valence-corrected chi connectivity index (χ3v) is 11.1. The van der Waals surface area contributed by atoms with Crippen molar-refractivity contribution < 1.29 is 0 Å². The first-order valence-corrected chi connectivity index (χ1v) is 18.6. The van der Waals surface area contributed by atoms with Crippen LogP contribution in [0.5, 0.6) is 0 Å². The molecule has 0 amide bonds. The Morgan fingerprint density at radius 3 is 1.56 bits per heavy atom. The lowest BCUT2D eigenvalue weighted by molar-refractivity contribution is 1.20. The molecule has 10 aromatic carbocycles. The van der Waals surface area contributed by atoms with E-state index < -0.39 is 0 Å². The number of para-hydroxylation sites is 4. The van der Waals surface area contributed by atoms with Crippen molar-refractivity contribution in [1.29, 1.82) is 0 Å². The summed E-state index contributed by atoms with van der Waals surface area (Å²) in [6.45, 7) is 0. The molecule has 0 spiro atoms. The van der Waals surface area contributed by atoms with Gasteiger partial charge in [-0.05, 0) is 80.7 Å². The van der Waals surface area contributed by atoms with E-state index in [-0.39, 0.29) is 0 Å². The van der Waals surface area contributed by atoms with E-state index in [4.69, 9.17) is 0 Å². The van der Waals surface area contributed by atoms with E-state index in [2.05, 4.69) is 216 Å². The lowest BCUT2D eigenvalue weighted by Crippen LogP contribution is -2.12. The molecule has 0 fully saturated rings. The molecule has 0 aliphatic carbocycles. The summed E-state index contributed by atoms with van der Waals surface area (Å²) in [5.41, 5.74) is 11.8. The van der Waals surface area contributed by atoms with Crippen molar-refractivity contribution in [2.45, 2.75) is 0 Å². The fourth-order valence-electron chi connectivity index (χ4n) is 8.81. The van der Waals surface area contributed by atoms with Gasteiger partial charge < -0.3 is 9.47 Å². The van der Waals surface area contributed by atoms with E-state index in [1.54, 1.807) is 0 Å². The zero-order chi connectivity index (χ0) is 35.6. The minimum absolute atomic E-state index is 1.11. The Morgan fingerprint density at radius 1 is 0.315 bits per heavy atom. The van der Waals surface area contributed by atoms with Crippen LogP contribution < -0.4 is 4.90 Å². The van der Waals surface area contributed by atoms with Crippen LogP contribution in [0.1, 0.15) is 0 Å². The molecule has 54 heavy (non-hydrogen) atoms. The summed E-state index contributed by atoms with van der Waals surface area (Å²) in [5.74, 6) is 0. The Morgan fingerprint density at radius 2 is 0.833 bits per heavy atom. The first-order valence-electron chi connectivity index (χ1n) is 18.6. The van der Waals surface area contributed by atoms with Crippen molar-refractivity contribution in [1.82, 2.24) is 4.57 Å². The predicted molar refractivity (Wildman–Crippen MR) is 230 cm³/mol. The van der Waals surface area contributed by atoms with E-state index in [9.17, 15) is 0 Å². The van der Waals surface area contributed by atoms with Crippen molar-refractivity contribution in [3.8, 4) is 27.9 Å². The number of benzene rings is 10. The number of hydrogen-bond donors (Lipinski definition) is 0. The zero-order valence-electron chi connectivity index (χ0n) is 29.5. The van der Waals surface area contributed by atoms with Gasteiger partial charge in [-0.2, -0.15) is 0 Å². The highest BCUT2D eigenvalue weighted by molar-refractivity contribution is 6.27. The summed E-state index contributed by atoms with van der Waals surface area (Å²) in [6, 6.07) is 75.2. The summed E-state index contributed by atoms with van der Waals surface area (Å²) in [5, 5.41) is 10.1. The Kier molecular flexibility index (Phi) is 6.90. The molecule has 11 rings (SSSR count). The van der Waals surface area contributed by atoms with Crippen LogP contribution in [-0.2, 0) is 0 Å². The number of fused-ring (bicyclic) bond motifs is 3. The summed E-state index contributed by atoms with van der Waals surface area (Å²) >= 11 is 0. The second kappa shape index (κ2) is 12.2. The molecule has 0 aliphatic heterocycles. The molecule has 0 bridgehead atoms. The molecule has 0 atom stereocenters. The third kappa shape index (κ3) is 4.60. The maximum Gasteiger partial charge on any atom is 0.0541 e. The van der Waals surface area contributed by atoms with Crippen LogP contribution in [0.3, 0.4) is 0 Å². The van der Waals surface area contributed by atoms with E-state index in [0.29, 0.717) is 0 Å². The third-order valence-electron chi connectivity index (χ3n) is 11.1. The minimum Gasteiger partial charge on any atom is -0.309 e. The molecule has 11 aromatic rings. The lowest BCUT2D eigenvalue weighted by Gasteiger charge is -2.30. The van der Waals surface area contributed by atoms with Crippen molar-refractivity contribution in [2.75, 3.05) is 4.90 Å². The van der Waals surface area contributed by atoms with Gasteiger partial charge in [-0.25, -0.2) is 0 Å². The van der Waals surface area contributed by atoms with Gasteiger partial charge in [0.25, 0.3) is 0 Å². The highest BCUT2D eigenvalue weighted by atomic mass is 15.1. The van der Waals surface area contributed by atoms with Crippen molar-refractivity contribution >= 4 is 71.2 Å². The van der Waals surface area contributed by atoms with E-state index >= 15 is 0 Å². The van der Waals surface area contributed by atoms with Gasteiger partial charge in [0.2, 0.25) is 0 Å². The van der Waals surface area contributed by atoms with Gasteiger partial charge in [0.15, 0.2) is 0 Å². The summed E-state index contributed by atoms with van der Waals surface area (Å²) in [7, 11) is 0. The van der Waals surface area contributed by atoms with Gasteiger partial charge in [-0.1, -0.05) is 164 Å². The molecule has 252 valence electrons. The molecular weight excluding hydrogens is 653 g/mol. The quantitative estimate of drug-likeness (QED) is 0.158. The van der Waals surface area contributed by atoms with Crippen LogP contribution in [0.15, 0.2) is 206 Å². The molecule has 0 N–H and O–H groups in total. The van der Waals surface area contributed by atoms with Gasteiger partial charge in [0, 0.05) is 32.8 Å². The molecular formula is C52H34N2.